The molecule has 0 aliphatic heterocycles. The molecule has 6 heteroatoms. The Morgan fingerprint density at radius 2 is 1.96 bits per heavy atom. The summed E-state index contributed by atoms with van der Waals surface area (Å²) in [7, 11) is 0. The number of fused-ring (bicyclic) bond motifs is 1. The minimum Gasteiger partial charge on any atom is -0.361 e. The van der Waals surface area contributed by atoms with Crippen LogP contribution in [0.5, 0.6) is 0 Å². The van der Waals surface area contributed by atoms with Gasteiger partial charge in [0.1, 0.15) is 5.82 Å². The van der Waals surface area contributed by atoms with Crippen LogP contribution in [-0.2, 0) is 0 Å². The molecule has 0 saturated heterocycles. The van der Waals surface area contributed by atoms with Gasteiger partial charge in [-0.15, -0.1) is 17.9 Å². The van der Waals surface area contributed by atoms with Crippen LogP contribution in [0.15, 0.2) is 82.9 Å². The van der Waals surface area contributed by atoms with E-state index in [9.17, 15) is 4.39 Å². The van der Waals surface area contributed by atoms with Gasteiger partial charge in [-0.2, -0.15) is 5.10 Å². The molecule has 134 valence electrons. The number of H-pyrrole nitrogens is 1. The molecule has 0 saturated carbocycles. The Labute approximate surface area is 159 Å². The minimum atomic E-state index is -0.290. The summed E-state index contributed by atoms with van der Waals surface area (Å²) in [6.07, 6.45) is 5.39. The number of benzene rings is 2. The lowest BCUT2D eigenvalue weighted by molar-refractivity contribution is 0.629. The van der Waals surface area contributed by atoms with Crippen LogP contribution < -0.4 is 4.80 Å². The zero-order valence-electron chi connectivity index (χ0n) is 14.5. The van der Waals surface area contributed by atoms with Gasteiger partial charge < -0.3 is 4.98 Å². The summed E-state index contributed by atoms with van der Waals surface area (Å²) >= 11 is 1.42. The summed E-state index contributed by atoms with van der Waals surface area (Å²) in [6.45, 7) is 4.18. The Bertz CT molecular complexity index is 1200. The highest BCUT2D eigenvalue weighted by atomic mass is 32.1. The first-order chi connectivity index (χ1) is 13.3. The lowest BCUT2D eigenvalue weighted by Crippen LogP contribution is -2.12. The third-order valence-corrected chi connectivity index (χ3v) is 4.98. The van der Waals surface area contributed by atoms with Crippen molar-refractivity contribution in [2.45, 2.75) is 0 Å². The highest BCUT2D eigenvalue weighted by Crippen LogP contribution is 2.23. The predicted molar refractivity (Wildman–Crippen MR) is 110 cm³/mol. The zero-order valence-corrected chi connectivity index (χ0v) is 15.3. The Hall–Kier alpha value is -3.25. The van der Waals surface area contributed by atoms with Gasteiger partial charge in [0.2, 0.25) is 4.80 Å². The number of nitrogens with one attached hydrogen (secondary N) is 1. The van der Waals surface area contributed by atoms with Crippen LogP contribution in [0.25, 0.3) is 22.2 Å². The third-order valence-electron chi connectivity index (χ3n) is 4.12. The molecule has 2 aromatic heterocycles. The molecule has 0 unspecified atom stereocenters. The van der Waals surface area contributed by atoms with Crippen LogP contribution in [0, 0.1) is 5.82 Å². The Balaban J connectivity index is 1.84. The van der Waals surface area contributed by atoms with Gasteiger partial charge >= 0.3 is 0 Å². The summed E-state index contributed by atoms with van der Waals surface area (Å²) in [5.41, 5.74) is 3.15. The van der Waals surface area contributed by atoms with Crippen molar-refractivity contribution in [2.24, 2.45) is 10.1 Å². The summed E-state index contributed by atoms with van der Waals surface area (Å²) < 4.78 is 16.0. The van der Waals surface area contributed by atoms with E-state index in [1.54, 1.807) is 29.1 Å². The smallest absolute Gasteiger partial charge is 0.206 e. The van der Waals surface area contributed by atoms with E-state index >= 15 is 0 Å². The number of nitrogens with zero attached hydrogens (tertiary/aromatic N) is 3. The van der Waals surface area contributed by atoms with E-state index in [0.29, 0.717) is 22.6 Å². The molecule has 0 aliphatic rings. The Morgan fingerprint density at radius 1 is 1.15 bits per heavy atom. The van der Waals surface area contributed by atoms with Crippen molar-refractivity contribution in [1.82, 2.24) is 9.66 Å². The molecule has 0 amide bonds. The van der Waals surface area contributed by atoms with E-state index in [-0.39, 0.29) is 5.82 Å². The van der Waals surface area contributed by atoms with Crippen molar-refractivity contribution >= 4 is 28.5 Å². The topological polar surface area (TPSA) is 45.4 Å². The van der Waals surface area contributed by atoms with E-state index in [1.807, 2.05) is 41.9 Å². The molecule has 0 fully saturated rings. The molecule has 4 nitrogen and oxygen atoms in total. The molecule has 0 radical (unpaired) electrons. The maximum absolute atomic E-state index is 14.3. The number of thiazole rings is 1. The SMILES string of the molecule is C=CCN=c1scc(-c2ccccc2F)n1N=Cc1c[nH]c2ccccc12. The maximum Gasteiger partial charge on any atom is 0.206 e. The van der Waals surface area contributed by atoms with E-state index in [1.165, 1.54) is 17.4 Å². The van der Waals surface area contributed by atoms with Gasteiger partial charge in [-0.05, 0) is 18.2 Å². The first kappa shape index (κ1) is 17.2. The van der Waals surface area contributed by atoms with Crippen LogP contribution in [0.2, 0.25) is 0 Å². The standard InChI is InChI=1S/C21H17FN4S/c1-2-11-23-21-26(20(14-27-21)17-8-3-5-9-18(17)22)25-13-15-12-24-19-10-6-4-7-16(15)19/h2-10,12-14,24H,1,11H2. The molecule has 1 N–H and O–H groups in total. The monoisotopic (exact) mass is 376 g/mol. The summed E-state index contributed by atoms with van der Waals surface area (Å²) in [5, 5.41) is 7.56. The zero-order chi connectivity index (χ0) is 18.6. The fraction of sp³-hybridized carbons (Fsp3) is 0.0476. The van der Waals surface area contributed by atoms with Gasteiger partial charge in [0.05, 0.1) is 18.5 Å². The molecule has 0 aliphatic carbocycles. The fourth-order valence-corrected chi connectivity index (χ4v) is 3.68. The van der Waals surface area contributed by atoms with Gasteiger partial charge in [0, 0.05) is 33.6 Å². The van der Waals surface area contributed by atoms with Crippen molar-refractivity contribution in [3.63, 3.8) is 0 Å². The maximum atomic E-state index is 14.3. The van der Waals surface area contributed by atoms with Crippen molar-refractivity contribution in [1.29, 1.82) is 0 Å². The van der Waals surface area contributed by atoms with Crippen LogP contribution in [0.4, 0.5) is 4.39 Å². The number of hydrogen-bond donors (Lipinski definition) is 1. The van der Waals surface area contributed by atoms with E-state index < -0.39 is 0 Å². The van der Waals surface area contributed by atoms with E-state index in [0.717, 1.165) is 16.5 Å². The average molecular weight is 376 g/mol. The van der Waals surface area contributed by atoms with Gasteiger partial charge in [-0.25, -0.2) is 9.07 Å². The second-order valence-corrected chi connectivity index (χ2v) is 6.70. The van der Waals surface area contributed by atoms with Crippen LogP contribution in [0.3, 0.4) is 0 Å². The number of para-hydroxylation sites is 1. The highest BCUT2D eigenvalue weighted by molar-refractivity contribution is 7.07. The van der Waals surface area contributed by atoms with E-state index in [4.69, 9.17) is 0 Å². The Kier molecular flexibility index (Phi) is 4.80. The van der Waals surface area contributed by atoms with Crippen molar-refractivity contribution in [3.8, 4) is 11.3 Å². The summed E-state index contributed by atoms with van der Waals surface area (Å²) in [4.78, 5) is 8.39. The molecule has 2 heterocycles. The molecule has 4 rings (SSSR count). The average Bonchev–Trinajstić information content (AvgIpc) is 3.29. The summed E-state index contributed by atoms with van der Waals surface area (Å²) in [6, 6.07) is 14.7. The molecule has 0 atom stereocenters. The molecular weight excluding hydrogens is 359 g/mol. The molecule has 2 aromatic carbocycles. The van der Waals surface area contributed by atoms with Crippen molar-refractivity contribution in [2.75, 3.05) is 6.54 Å². The quantitative estimate of drug-likeness (QED) is 0.384. The van der Waals surface area contributed by atoms with Crippen LogP contribution >= 0.6 is 11.3 Å². The molecular formula is C21H17FN4S. The number of aromatic nitrogens is 2. The molecule has 27 heavy (non-hydrogen) atoms. The largest absolute Gasteiger partial charge is 0.361 e. The van der Waals surface area contributed by atoms with Gasteiger partial charge in [-0.1, -0.05) is 36.4 Å². The lowest BCUT2D eigenvalue weighted by Gasteiger charge is -2.04. The predicted octanol–water partition coefficient (Wildman–Crippen LogP) is 4.81. The van der Waals surface area contributed by atoms with Gasteiger partial charge in [-0.3, -0.25) is 4.99 Å². The Morgan fingerprint density at radius 3 is 2.81 bits per heavy atom. The third kappa shape index (κ3) is 3.39. The van der Waals surface area contributed by atoms with Crippen LogP contribution in [0.1, 0.15) is 5.56 Å². The normalized spacial score (nSPS) is 12.3. The number of hydrogen-bond acceptors (Lipinski definition) is 3. The number of halogens is 1. The first-order valence-electron chi connectivity index (χ1n) is 8.45. The first-order valence-corrected chi connectivity index (χ1v) is 9.33. The van der Waals surface area contributed by atoms with Crippen molar-refractivity contribution in [3.05, 3.63) is 88.9 Å². The molecule has 0 bridgehead atoms. The molecule has 0 spiro atoms. The second kappa shape index (κ2) is 7.55. The highest BCUT2D eigenvalue weighted by Gasteiger charge is 2.11. The van der Waals surface area contributed by atoms with Crippen LogP contribution in [-0.4, -0.2) is 22.4 Å². The summed E-state index contributed by atoms with van der Waals surface area (Å²) in [5.74, 6) is -0.290. The minimum absolute atomic E-state index is 0.290. The molecule has 4 aromatic rings. The van der Waals surface area contributed by atoms with Gasteiger partial charge in [0.15, 0.2) is 0 Å². The van der Waals surface area contributed by atoms with E-state index in [2.05, 4.69) is 21.7 Å². The second-order valence-electron chi connectivity index (χ2n) is 5.86. The van der Waals surface area contributed by atoms with Crippen molar-refractivity contribution < 1.29 is 4.39 Å². The fourth-order valence-electron chi connectivity index (χ4n) is 2.84. The number of aromatic amines is 1. The van der Waals surface area contributed by atoms with Gasteiger partial charge in [0.25, 0.3) is 0 Å². The lowest BCUT2D eigenvalue weighted by atomic mass is 10.1. The number of rotatable bonds is 5.